The van der Waals surface area contributed by atoms with E-state index in [-0.39, 0.29) is 21.3 Å². The number of rotatable bonds is 7. The van der Waals surface area contributed by atoms with Crippen molar-refractivity contribution < 1.29 is 22.7 Å². The van der Waals surface area contributed by atoms with Crippen LogP contribution in [0.2, 0.25) is 5.02 Å². The predicted octanol–water partition coefficient (Wildman–Crippen LogP) is 3.58. The van der Waals surface area contributed by atoms with Crippen molar-refractivity contribution in [3.05, 3.63) is 64.2 Å². The molecular formula is C20H22ClNO5S. The highest BCUT2D eigenvalue weighted by atomic mass is 35.5. The lowest BCUT2D eigenvalue weighted by Gasteiger charge is -2.15. The Hall–Kier alpha value is -2.22. The van der Waals surface area contributed by atoms with E-state index in [1.165, 1.54) is 33.2 Å². The molecule has 0 radical (unpaired) electrons. The molecule has 2 aromatic carbocycles. The monoisotopic (exact) mass is 423 g/mol. The van der Waals surface area contributed by atoms with Crippen molar-refractivity contribution in [3.8, 4) is 0 Å². The zero-order valence-electron chi connectivity index (χ0n) is 16.1. The third kappa shape index (κ3) is 4.79. The second kappa shape index (κ2) is 8.86. The van der Waals surface area contributed by atoms with Crippen LogP contribution in [0, 0.1) is 0 Å². The van der Waals surface area contributed by atoms with E-state index in [4.69, 9.17) is 16.3 Å². The number of hydrogen-bond donors (Lipinski definition) is 0. The fourth-order valence-corrected chi connectivity index (χ4v) is 3.84. The van der Waals surface area contributed by atoms with Crippen molar-refractivity contribution in [2.24, 2.45) is 0 Å². The smallest absolute Gasteiger partial charge is 0.338 e. The number of esters is 1. The summed E-state index contributed by atoms with van der Waals surface area (Å²) in [4.78, 5) is 24.7. The molecule has 8 heteroatoms. The minimum Gasteiger partial charge on any atom is -0.451 e. The van der Waals surface area contributed by atoms with Crippen LogP contribution >= 0.6 is 11.6 Å². The zero-order valence-corrected chi connectivity index (χ0v) is 17.7. The van der Waals surface area contributed by atoms with Crippen LogP contribution < -0.4 is 0 Å². The van der Waals surface area contributed by atoms with Crippen LogP contribution in [0.25, 0.3) is 0 Å². The van der Waals surface area contributed by atoms with Gasteiger partial charge in [-0.2, -0.15) is 0 Å². The second-order valence-corrected chi connectivity index (χ2v) is 8.92. The summed E-state index contributed by atoms with van der Waals surface area (Å²) in [7, 11) is -1.11. The van der Waals surface area contributed by atoms with Crippen molar-refractivity contribution in [1.82, 2.24) is 4.31 Å². The summed E-state index contributed by atoms with van der Waals surface area (Å²) >= 11 is 5.98. The number of nitrogens with zero attached hydrogens (tertiary/aromatic N) is 1. The molecule has 0 aliphatic carbocycles. The number of ether oxygens (including phenoxy) is 1. The molecule has 28 heavy (non-hydrogen) atoms. The van der Waals surface area contributed by atoms with Crippen LogP contribution in [-0.2, 0) is 21.2 Å². The number of carbonyl (C=O) groups is 2. The van der Waals surface area contributed by atoms with Gasteiger partial charge in [0.15, 0.2) is 6.10 Å². The van der Waals surface area contributed by atoms with Gasteiger partial charge in [0.25, 0.3) is 0 Å². The molecule has 0 aliphatic rings. The maximum Gasteiger partial charge on any atom is 0.338 e. The maximum absolute atomic E-state index is 12.5. The van der Waals surface area contributed by atoms with E-state index < -0.39 is 22.1 Å². The number of benzene rings is 2. The number of carbonyl (C=O) groups excluding carboxylic acids is 2. The molecule has 1 unspecified atom stereocenters. The minimum atomic E-state index is -3.83. The number of aryl methyl sites for hydroxylation is 1. The number of ketones is 1. The van der Waals surface area contributed by atoms with Crippen molar-refractivity contribution in [3.63, 3.8) is 0 Å². The Labute approximate surface area is 170 Å². The van der Waals surface area contributed by atoms with Crippen molar-refractivity contribution >= 4 is 33.4 Å². The van der Waals surface area contributed by atoms with Crippen LogP contribution in [0.1, 0.15) is 40.1 Å². The summed E-state index contributed by atoms with van der Waals surface area (Å²) in [6, 6.07) is 10.9. The predicted molar refractivity (Wildman–Crippen MR) is 107 cm³/mol. The Bertz CT molecular complexity index is 984. The standard InChI is InChI=1S/C20H22ClNO5S/c1-5-14-6-8-15(9-7-14)19(23)13(2)27-20(24)16-10-11-17(21)18(12-16)28(25,26)22(3)4/h6-13H,5H2,1-4H3. The molecule has 0 aliphatic heterocycles. The van der Waals surface area contributed by atoms with E-state index in [0.29, 0.717) is 5.56 Å². The van der Waals surface area contributed by atoms with Gasteiger partial charge in [0.05, 0.1) is 10.6 Å². The average Bonchev–Trinajstić information content (AvgIpc) is 2.67. The SMILES string of the molecule is CCc1ccc(C(=O)C(C)OC(=O)c2ccc(Cl)c(S(=O)(=O)N(C)C)c2)cc1. The van der Waals surface area contributed by atoms with Gasteiger partial charge in [0.1, 0.15) is 4.90 Å². The molecule has 6 nitrogen and oxygen atoms in total. The Morgan fingerprint density at radius 1 is 1.07 bits per heavy atom. The second-order valence-electron chi connectivity index (χ2n) is 6.39. The topological polar surface area (TPSA) is 80.8 Å². The summed E-state index contributed by atoms with van der Waals surface area (Å²) in [6.45, 7) is 3.49. The fourth-order valence-electron chi connectivity index (χ4n) is 2.45. The lowest BCUT2D eigenvalue weighted by atomic mass is 10.0. The van der Waals surface area contributed by atoms with E-state index in [0.717, 1.165) is 22.4 Å². The Kier molecular flexibility index (Phi) is 6.98. The van der Waals surface area contributed by atoms with Gasteiger partial charge in [-0.3, -0.25) is 4.79 Å². The molecule has 0 spiro atoms. The van der Waals surface area contributed by atoms with Crippen LogP contribution in [0.3, 0.4) is 0 Å². The summed E-state index contributed by atoms with van der Waals surface area (Å²) in [5, 5.41) is -0.00890. The molecule has 1 atom stereocenters. The molecule has 150 valence electrons. The van der Waals surface area contributed by atoms with Gasteiger partial charge in [-0.1, -0.05) is 42.8 Å². The molecule has 0 amide bonds. The fraction of sp³-hybridized carbons (Fsp3) is 0.300. The lowest BCUT2D eigenvalue weighted by Crippen LogP contribution is -2.25. The van der Waals surface area contributed by atoms with E-state index in [2.05, 4.69) is 0 Å². The first-order chi connectivity index (χ1) is 13.1. The molecule has 0 aromatic heterocycles. The summed E-state index contributed by atoms with van der Waals surface area (Å²) < 4.78 is 30.9. The van der Waals surface area contributed by atoms with Crippen LogP contribution in [-0.4, -0.2) is 44.7 Å². The Morgan fingerprint density at radius 3 is 2.18 bits per heavy atom. The van der Waals surface area contributed by atoms with E-state index in [1.807, 2.05) is 19.1 Å². The van der Waals surface area contributed by atoms with Crippen molar-refractivity contribution in [1.29, 1.82) is 0 Å². The van der Waals surface area contributed by atoms with Crippen molar-refractivity contribution in [2.45, 2.75) is 31.3 Å². The molecule has 0 bridgehead atoms. The van der Waals surface area contributed by atoms with Gasteiger partial charge >= 0.3 is 5.97 Å². The number of hydrogen-bond acceptors (Lipinski definition) is 5. The average molecular weight is 424 g/mol. The number of sulfonamides is 1. The molecule has 0 N–H and O–H groups in total. The first kappa shape index (κ1) is 22.1. The van der Waals surface area contributed by atoms with Crippen LogP contribution in [0.4, 0.5) is 0 Å². The van der Waals surface area contributed by atoms with Gasteiger partial charge in [-0.15, -0.1) is 0 Å². The highest BCUT2D eigenvalue weighted by Gasteiger charge is 2.25. The molecular weight excluding hydrogens is 402 g/mol. The van der Waals surface area contributed by atoms with Gasteiger partial charge < -0.3 is 4.74 Å². The van der Waals surface area contributed by atoms with E-state index in [9.17, 15) is 18.0 Å². The zero-order chi connectivity index (χ0) is 21.1. The third-order valence-corrected chi connectivity index (χ3v) is 6.52. The first-order valence-corrected chi connectivity index (χ1v) is 10.5. The summed E-state index contributed by atoms with van der Waals surface area (Å²) in [6.07, 6.45) is -0.169. The van der Waals surface area contributed by atoms with E-state index >= 15 is 0 Å². The van der Waals surface area contributed by atoms with Gasteiger partial charge in [0, 0.05) is 19.7 Å². The number of halogens is 1. The summed E-state index contributed by atoms with van der Waals surface area (Å²) in [5.41, 5.74) is 1.52. The van der Waals surface area contributed by atoms with Gasteiger partial charge in [-0.05, 0) is 37.1 Å². The van der Waals surface area contributed by atoms with E-state index in [1.54, 1.807) is 12.1 Å². The Balaban J connectivity index is 2.21. The van der Waals surface area contributed by atoms with Gasteiger partial charge in [-0.25, -0.2) is 17.5 Å². The Morgan fingerprint density at radius 2 is 1.64 bits per heavy atom. The largest absolute Gasteiger partial charge is 0.451 e. The minimum absolute atomic E-state index is 0.00851. The molecule has 0 heterocycles. The number of Topliss-reactive ketones (excluding diaryl/α,β-unsaturated/α-hetero) is 1. The normalized spacial score (nSPS) is 12.6. The van der Waals surface area contributed by atoms with Crippen molar-refractivity contribution in [2.75, 3.05) is 14.1 Å². The maximum atomic E-state index is 12.5. The molecule has 0 fully saturated rings. The first-order valence-electron chi connectivity index (χ1n) is 8.64. The highest BCUT2D eigenvalue weighted by molar-refractivity contribution is 7.89. The third-order valence-electron chi connectivity index (χ3n) is 4.23. The molecule has 2 rings (SSSR count). The molecule has 0 saturated carbocycles. The van der Waals surface area contributed by atoms with Crippen LogP contribution in [0.15, 0.2) is 47.4 Å². The molecule has 2 aromatic rings. The quantitative estimate of drug-likeness (QED) is 0.502. The summed E-state index contributed by atoms with van der Waals surface area (Å²) in [5.74, 6) is -1.15. The van der Waals surface area contributed by atoms with Gasteiger partial charge in [0.2, 0.25) is 15.8 Å². The lowest BCUT2D eigenvalue weighted by molar-refractivity contribution is 0.0318. The molecule has 0 saturated heterocycles. The van der Waals surface area contributed by atoms with Crippen LogP contribution in [0.5, 0.6) is 0 Å². The highest BCUT2D eigenvalue weighted by Crippen LogP contribution is 2.25.